The summed E-state index contributed by atoms with van der Waals surface area (Å²) in [6.07, 6.45) is 29.8. The highest BCUT2D eigenvalue weighted by molar-refractivity contribution is 6.07. The molecule has 10 amide bonds. The summed E-state index contributed by atoms with van der Waals surface area (Å²) in [4.78, 5) is 157. The lowest BCUT2D eigenvalue weighted by Gasteiger charge is -2.13. The molecule has 0 bridgehead atoms. The number of halogens is 1. The Hall–Kier alpha value is -18.8. The Kier molecular flexibility index (Phi) is 34.7. The summed E-state index contributed by atoms with van der Waals surface area (Å²) < 4.78 is 42.2. The van der Waals surface area contributed by atoms with Crippen molar-refractivity contribution in [2.24, 2.45) is 28.7 Å². The van der Waals surface area contributed by atoms with Gasteiger partial charge in [0.1, 0.15) is 67.6 Å². The number of ether oxygens (including phenoxy) is 5. The molecule has 0 saturated carbocycles. The van der Waals surface area contributed by atoms with E-state index in [0.717, 1.165) is 44.5 Å². The Bertz CT molecular complexity index is 6200. The van der Waals surface area contributed by atoms with Crippen molar-refractivity contribution in [2.45, 2.75) is 60.7 Å². The van der Waals surface area contributed by atoms with Crippen molar-refractivity contribution >= 4 is 87.5 Å². The van der Waals surface area contributed by atoms with E-state index in [0.29, 0.717) is 84.9 Å². The second kappa shape index (κ2) is 48.4. The number of pyridine rings is 10. The Morgan fingerprint density at radius 3 is 0.837 bits per heavy atom. The number of hydrogen-bond donors (Lipinski definition) is 10. The summed E-state index contributed by atoms with van der Waals surface area (Å²) in [6, 6.07) is 50.7. The van der Waals surface area contributed by atoms with Gasteiger partial charge >= 0.3 is 0 Å². The van der Waals surface area contributed by atoms with E-state index in [1.54, 1.807) is 122 Å². The number of rotatable bonds is 30. The Morgan fingerprint density at radius 2 is 0.533 bits per heavy atom. The van der Waals surface area contributed by atoms with E-state index < -0.39 is 41.3 Å². The van der Waals surface area contributed by atoms with Gasteiger partial charge in [-0.1, -0.05) is 36.4 Å². The quantitative estimate of drug-likeness (QED) is 0.0200. The molecule has 5 aromatic carbocycles. The lowest BCUT2D eigenvalue weighted by atomic mass is 10.1. The molecule has 0 spiro atoms. The molecule has 10 heterocycles. The lowest BCUT2D eigenvalue weighted by molar-refractivity contribution is 0.0991. The molecule has 0 unspecified atom stereocenters. The first-order valence-corrected chi connectivity index (χ1v) is 40.7. The van der Waals surface area contributed by atoms with Crippen LogP contribution in [0.4, 0.5) is 32.8 Å². The summed E-state index contributed by atoms with van der Waals surface area (Å²) in [7, 11) is 0. The molecule has 680 valence electrons. The van der Waals surface area contributed by atoms with Crippen LogP contribution < -0.4 is 78.9 Å². The third-order valence-electron chi connectivity index (χ3n) is 19.0. The van der Waals surface area contributed by atoms with Crippen LogP contribution in [0.5, 0.6) is 28.7 Å². The number of primary amides is 5. The highest BCUT2D eigenvalue weighted by atomic mass is 19.1. The first kappa shape index (κ1) is 96.9. The van der Waals surface area contributed by atoms with Gasteiger partial charge in [-0.2, -0.15) is 0 Å². The highest BCUT2D eigenvalue weighted by Crippen LogP contribution is 2.28. The Labute approximate surface area is 771 Å². The number of aromatic nitrogens is 10. The maximum Gasteiger partial charge on any atom is 0.257 e. The molecule has 0 aliphatic rings. The van der Waals surface area contributed by atoms with Gasteiger partial charge in [0.2, 0.25) is 29.5 Å². The second-order valence-electron chi connectivity index (χ2n) is 29.2. The minimum absolute atomic E-state index is 0.0113. The van der Waals surface area contributed by atoms with E-state index in [1.165, 1.54) is 111 Å². The number of anilines is 5. The molecule has 0 saturated heterocycles. The first-order chi connectivity index (χ1) is 65.1. The van der Waals surface area contributed by atoms with Crippen molar-refractivity contribution < 1.29 is 76.0 Å². The van der Waals surface area contributed by atoms with Gasteiger partial charge in [0.25, 0.3) is 29.5 Å². The fourth-order valence-electron chi connectivity index (χ4n) is 12.3. The number of nitrogens with one attached hydrogen (secondary N) is 5. The molecule has 135 heavy (non-hydrogen) atoms. The molecule has 36 heteroatoms. The van der Waals surface area contributed by atoms with E-state index in [9.17, 15) is 52.3 Å². The zero-order chi connectivity index (χ0) is 96.1. The van der Waals surface area contributed by atoms with Crippen LogP contribution in [0.15, 0.2) is 306 Å². The average molecular weight is 1820 g/mol. The summed E-state index contributed by atoms with van der Waals surface area (Å²) >= 11 is 0. The number of carbonyl (C=O) groups excluding carboxylic acids is 10. The van der Waals surface area contributed by atoms with E-state index in [4.69, 9.17) is 52.4 Å². The molecule has 35 nitrogen and oxygen atoms in total. The molecule has 15 rings (SSSR count). The largest absolute Gasteiger partial charge is 0.487 e. The molecule has 0 aliphatic carbocycles. The SMILES string of the molecule is Cc1c(COc2cncc(C(N)=O)c2)cccc1NC(=O)c1cccnc1.Cc1c(COc2cncc(C(N)=O)c2)cccc1NC(=O)c1ccncc1.Cc1cc(COc2cncc(C(N)=O)c2)cc(NC(=O)c2cccnc2)c1.Cc1cc(COc2cncc(C(N)=O)c2)cc(NC(=O)c2ccncc2)c1.NC(=O)c1cncc(OCc2cc(F)cc(NC(=O)c3cccnc3)c2)c1. The van der Waals surface area contributed by atoms with Gasteiger partial charge in [0, 0.05) is 133 Å². The molecular weight excluding hydrogens is 1730 g/mol. The van der Waals surface area contributed by atoms with Crippen molar-refractivity contribution in [3.8, 4) is 28.7 Å². The van der Waals surface area contributed by atoms with Gasteiger partial charge in [-0.25, -0.2) is 4.39 Å². The van der Waals surface area contributed by atoms with Crippen molar-refractivity contribution in [1.29, 1.82) is 0 Å². The number of benzene rings is 5. The monoisotopic (exact) mass is 1810 g/mol. The van der Waals surface area contributed by atoms with Crippen molar-refractivity contribution in [1.82, 2.24) is 49.8 Å². The molecule has 15 aromatic rings. The number of carbonyl (C=O) groups is 10. The normalized spacial score (nSPS) is 10.3. The molecule has 15 N–H and O–H groups in total. The maximum absolute atomic E-state index is 13.9. The van der Waals surface area contributed by atoms with Gasteiger partial charge < -0.3 is 78.9 Å². The van der Waals surface area contributed by atoms with Crippen LogP contribution in [0, 0.1) is 33.5 Å². The molecule has 0 radical (unpaired) electrons. The topological polar surface area (TPSA) is 536 Å². The van der Waals surface area contributed by atoms with Gasteiger partial charge in [-0.05, 0) is 223 Å². The standard InChI is InChI=1S/4C20H18N4O3.C19H15FN4O3/c1-13-6-14(12-27-18-9-16(19(21)25)10-23-11-18)8-17(7-13)24-20(26)15-2-4-22-5-3-15;1-13-15(12-27-17-8-16(19(21)25)10-23-11-17)4-2-6-18(13)24-20(26)14-5-3-7-22-9-14;1-13-5-14(12-27-18-8-16(19(21)25)10-23-11-18)7-17(6-13)24-20(26)15-3-2-4-22-9-15;1-13-15(12-27-17-9-16(19(21)25)10-23-11-17)3-2-4-18(13)24-20(26)14-5-7-22-8-6-14;20-15-4-12(11-27-17-6-14(18(21)25)9-23-10-17)5-16(7-15)24-19(26)13-2-1-3-22-8-13/h4*2-11H,12H2,1H3,(H2,21,25)(H,24,26);1-10H,11H2,(H2,21,25)(H,24,26). The Balaban J connectivity index is 0.000000162. The third kappa shape index (κ3) is 30.5. The predicted molar refractivity (Wildman–Crippen MR) is 498 cm³/mol. The van der Waals surface area contributed by atoms with E-state index in [1.807, 2.05) is 100 Å². The van der Waals surface area contributed by atoms with Gasteiger partial charge in [0.05, 0.1) is 75.5 Å². The summed E-state index contributed by atoms with van der Waals surface area (Å²) in [5.74, 6) is -2.64. The fourth-order valence-corrected chi connectivity index (χ4v) is 12.3. The van der Waals surface area contributed by atoms with Crippen LogP contribution in [0.25, 0.3) is 0 Å². The minimum atomic E-state index is -0.626. The van der Waals surface area contributed by atoms with Crippen molar-refractivity contribution in [3.05, 3.63) is 417 Å². The van der Waals surface area contributed by atoms with Crippen LogP contribution in [0.2, 0.25) is 0 Å². The van der Waals surface area contributed by atoms with Crippen LogP contribution in [-0.2, 0) is 33.0 Å². The minimum Gasteiger partial charge on any atom is -0.487 e. The van der Waals surface area contributed by atoms with Gasteiger partial charge in [-0.15, -0.1) is 0 Å². The Morgan fingerprint density at radius 1 is 0.259 bits per heavy atom. The predicted octanol–water partition coefficient (Wildman–Crippen LogP) is 13.4. The molecular formula is C99H87FN20O15. The smallest absolute Gasteiger partial charge is 0.257 e. The number of hydrogen-bond acceptors (Lipinski definition) is 25. The molecule has 0 fully saturated rings. The van der Waals surface area contributed by atoms with E-state index in [-0.39, 0.29) is 90.2 Å². The van der Waals surface area contributed by atoms with Crippen molar-refractivity contribution in [3.63, 3.8) is 0 Å². The first-order valence-electron chi connectivity index (χ1n) is 40.7. The van der Waals surface area contributed by atoms with Crippen LogP contribution in [0.1, 0.15) is 154 Å². The maximum atomic E-state index is 13.9. The molecule has 0 aliphatic heterocycles. The third-order valence-corrected chi connectivity index (χ3v) is 19.0. The number of nitrogens with two attached hydrogens (primary N) is 5. The van der Waals surface area contributed by atoms with Crippen LogP contribution >= 0.6 is 0 Å². The van der Waals surface area contributed by atoms with E-state index >= 15 is 0 Å². The lowest BCUT2D eigenvalue weighted by Crippen LogP contribution is -2.14. The summed E-state index contributed by atoms with van der Waals surface area (Å²) in [5, 5.41) is 14.1. The molecule has 0 atom stereocenters. The van der Waals surface area contributed by atoms with Gasteiger partial charge in [-0.3, -0.25) is 97.8 Å². The van der Waals surface area contributed by atoms with Crippen LogP contribution in [0.3, 0.4) is 0 Å². The van der Waals surface area contributed by atoms with Crippen LogP contribution in [-0.4, -0.2) is 109 Å². The zero-order valence-electron chi connectivity index (χ0n) is 72.8. The number of aryl methyl sites for hydroxylation is 2. The fraction of sp³-hybridized carbons (Fsp3) is 0.0909. The number of nitrogens with zero attached hydrogens (tertiary/aromatic N) is 10. The highest BCUT2D eigenvalue weighted by Gasteiger charge is 2.18. The van der Waals surface area contributed by atoms with E-state index in [2.05, 4.69) is 76.4 Å². The summed E-state index contributed by atoms with van der Waals surface area (Å²) in [5.41, 5.74) is 40.6. The van der Waals surface area contributed by atoms with Gasteiger partial charge in [0.15, 0.2) is 0 Å². The number of amides is 10. The summed E-state index contributed by atoms with van der Waals surface area (Å²) in [6.45, 7) is 8.69. The van der Waals surface area contributed by atoms with Crippen molar-refractivity contribution in [2.75, 3.05) is 26.6 Å². The second-order valence-corrected chi connectivity index (χ2v) is 29.2. The zero-order valence-corrected chi connectivity index (χ0v) is 72.8. The molecule has 10 aromatic heterocycles. The average Bonchev–Trinajstić information content (AvgIpc) is 0.831.